The van der Waals surface area contributed by atoms with Gasteiger partial charge in [-0.15, -0.1) is 0 Å². The molecule has 88 valence electrons. The van der Waals surface area contributed by atoms with Gasteiger partial charge in [-0.05, 0) is 12.1 Å². The highest BCUT2D eigenvalue weighted by Crippen LogP contribution is 2.20. The van der Waals surface area contributed by atoms with Gasteiger partial charge in [0, 0.05) is 6.07 Å². The highest BCUT2D eigenvalue weighted by atomic mass is 19.1. The van der Waals surface area contributed by atoms with Crippen molar-refractivity contribution in [3.63, 3.8) is 0 Å². The minimum absolute atomic E-state index is 0.284. The molecule has 0 spiro atoms. The Labute approximate surface area is 93.5 Å². The van der Waals surface area contributed by atoms with E-state index in [0.29, 0.717) is 0 Å². The summed E-state index contributed by atoms with van der Waals surface area (Å²) in [5.41, 5.74) is -0.915. The van der Waals surface area contributed by atoms with Gasteiger partial charge in [0.15, 0.2) is 5.75 Å². The van der Waals surface area contributed by atoms with E-state index in [1.54, 1.807) is 0 Å². The van der Waals surface area contributed by atoms with E-state index < -0.39 is 29.0 Å². The monoisotopic (exact) mass is 240 g/mol. The van der Waals surface area contributed by atoms with Gasteiger partial charge in [-0.2, -0.15) is 5.10 Å². The quantitative estimate of drug-likeness (QED) is 0.835. The highest BCUT2D eigenvalue weighted by Gasteiger charge is 2.17. The lowest BCUT2D eigenvalue weighted by atomic mass is 10.3. The van der Waals surface area contributed by atoms with Gasteiger partial charge in [0.1, 0.15) is 17.3 Å². The molecule has 0 bridgehead atoms. The first kappa shape index (κ1) is 11.1. The molecule has 2 N–H and O–H groups in total. The van der Waals surface area contributed by atoms with Crippen molar-refractivity contribution in [3.8, 4) is 11.4 Å². The Kier molecular flexibility index (Phi) is 2.51. The van der Waals surface area contributed by atoms with Crippen molar-refractivity contribution in [2.75, 3.05) is 0 Å². The number of aromatic hydroxyl groups is 1. The van der Waals surface area contributed by atoms with Crippen LogP contribution in [0.4, 0.5) is 8.78 Å². The van der Waals surface area contributed by atoms with Crippen LogP contribution < -0.4 is 0 Å². The van der Waals surface area contributed by atoms with E-state index >= 15 is 0 Å². The summed E-state index contributed by atoms with van der Waals surface area (Å²) in [5, 5.41) is 21.3. The Hall–Kier alpha value is -2.44. The van der Waals surface area contributed by atoms with E-state index in [0.717, 1.165) is 29.1 Å². The molecule has 1 aromatic heterocycles. The van der Waals surface area contributed by atoms with Crippen molar-refractivity contribution in [2.24, 2.45) is 0 Å². The second kappa shape index (κ2) is 3.85. The molecule has 0 aliphatic rings. The van der Waals surface area contributed by atoms with Crippen molar-refractivity contribution in [1.82, 2.24) is 9.78 Å². The lowest BCUT2D eigenvalue weighted by Gasteiger charge is -2.02. The fourth-order valence-corrected chi connectivity index (χ4v) is 1.30. The zero-order chi connectivity index (χ0) is 12.6. The van der Waals surface area contributed by atoms with Crippen molar-refractivity contribution >= 4 is 5.97 Å². The first-order chi connectivity index (χ1) is 7.99. The number of nitrogens with zero attached hydrogens (tertiary/aromatic N) is 2. The van der Waals surface area contributed by atoms with Gasteiger partial charge < -0.3 is 10.2 Å². The van der Waals surface area contributed by atoms with Crippen LogP contribution in [0.5, 0.6) is 5.75 Å². The number of benzene rings is 1. The maximum absolute atomic E-state index is 13.3. The average Bonchev–Trinajstić information content (AvgIpc) is 2.64. The van der Waals surface area contributed by atoms with E-state index in [-0.39, 0.29) is 5.69 Å². The molecule has 0 fully saturated rings. The average molecular weight is 240 g/mol. The summed E-state index contributed by atoms with van der Waals surface area (Å²) in [4.78, 5) is 10.6. The third-order valence-electron chi connectivity index (χ3n) is 2.05. The molecule has 0 saturated carbocycles. The molecular formula is C10H6F2N2O3. The summed E-state index contributed by atoms with van der Waals surface area (Å²) in [5.74, 6) is -3.57. The Morgan fingerprint density at radius 3 is 2.65 bits per heavy atom. The Morgan fingerprint density at radius 1 is 1.35 bits per heavy atom. The molecule has 17 heavy (non-hydrogen) atoms. The predicted molar refractivity (Wildman–Crippen MR) is 52.1 cm³/mol. The highest BCUT2D eigenvalue weighted by molar-refractivity contribution is 5.88. The molecule has 5 nitrogen and oxygen atoms in total. The lowest BCUT2D eigenvalue weighted by Crippen LogP contribution is -2.03. The molecule has 0 aliphatic carbocycles. The normalized spacial score (nSPS) is 10.5. The van der Waals surface area contributed by atoms with Crippen LogP contribution in [0.3, 0.4) is 0 Å². The maximum Gasteiger partial charge on any atom is 0.360 e. The SMILES string of the molecule is O=C(O)c1nn(-c2cc(F)ccc2F)cc1O. The summed E-state index contributed by atoms with van der Waals surface area (Å²) in [6, 6.07) is 2.64. The fourth-order valence-electron chi connectivity index (χ4n) is 1.30. The van der Waals surface area contributed by atoms with Crippen LogP contribution in [0.25, 0.3) is 5.69 Å². The summed E-state index contributed by atoms with van der Waals surface area (Å²) in [7, 11) is 0. The van der Waals surface area contributed by atoms with Gasteiger partial charge in [-0.3, -0.25) is 0 Å². The summed E-state index contributed by atoms with van der Waals surface area (Å²) in [6.07, 6.45) is 0.890. The third kappa shape index (κ3) is 1.94. The molecule has 0 saturated heterocycles. The maximum atomic E-state index is 13.3. The molecule has 0 atom stereocenters. The largest absolute Gasteiger partial charge is 0.504 e. The molecule has 0 unspecified atom stereocenters. The van der Waals surface area contributed by atoms with Crippen LogP contribution in [-0.4, -0.2) is 26.0 Å². The molecule has 2 rings (SSSR count). The second-order valence-electron chi connectivity index (χ2n) is 3.21. The van der Waals surface area contributed by atoms with Crippen molar-refractivity contribution in [1.29, 1.82) is 0 Å². The smallest absolute Gasteiger partial charge is 0.360 e. The van der Waals surface area contributed by atoms with Crippen molar-refractivity contribution in [3.05, 3.63) is 41.7 Å². The van der Waals surface area contributed by atoms with Crippen LogP contribution in [0, 0.1) is 11.6 Å². The van der Waals surface area contributed by atoms with Crippen molar-refractivity contribution < 1.29 is 23.8 Å². The predicted octanol–water partition coefficient (Wildman–Crippen LogP) is 1.55. The molecule has 1 heterocycles. The standard InChI is InChI=1S/C10H6F2N2O3/c11-5-1-2-6(12)7(3-5)14-4-8(15)9(13-14)10(16)17/h1-4,15H,(H,16,17). The Bertz CT molecular complexity index is 595. The molecule has 0 radical (unpaired) electrons. The first-order valence-corrected chi connectivity index (χ1v) is 4.46. The van der Waals surface area contributed by atoms with Gasteiger partial charge in [0.25, 0.3) is 0 Å². The topological polar surface area (TPSA) is 75.3 Å². The number of carboxylic acid groups (broad SMARTS) is 1. The Morgan fingerprint density at radius 2 is 2.06 bits per heavy atom. The number of aromatic nitrogens is 2. The van der Waals surface area contributed by atoms with Crippen LogP contribution in [-0.2, 0) is 0 Å². The van der Waals surface area contributed by atoms with Crippen LogP contribution >= 0.6 is 0 Å². The molecule has 0 amide bonds. The van der Waals surface area contributed by atoms with E-state index in [1.807, 2.05) is 0 Å². The van der Waals surface area contributed by atoms with Crippen LogP contribution in [0.1, 0.15) is 10.5 Å². The lowest BCUT2D eigenvalue weighted by molar-refractivity contribution is 0.0687. The minimum atomic E-state index is -1.46. The van der Waals surface area contributed by atoms with E-state index in [1.165, 1.54) is 0 Å². The molecule has 0 aliphatic heterocycles. The Balaban J connectivity index is 2.57. The number of halogens is 2. The number of carbonyl (C=O) groups is 1. The molecule has 2 aromatic rings. The van der Waals surface area contributed by atoms with Gasteiger partial charge >= 0.3 is 5.97 Å². The van der Waals surface area contributed by atoms with Gasteiger partial charge in [0.05, 0.1) is 6.20 Å². The number of hydrogen-bond acceptors (Lipinski definition) is 3. The van der Waals surface area contributed by atoms with Crippen LogP contribution in [0.2, 0.25) is 0 Å². The number of rotatable bonds is 2. The molecule has 7 heteroatoms. The van der Waals surface area contributed by atoms with Gasteiger partial charge in [-0.1, -0.05) is 0 Å². The fraction of sp³-hybridized carbons (Fsp3) is 0. The number of carboxylic acids is 1. The second-order valence-corrected chi connectivity index (χ2v) is 3.21. The third-order valence-corrected chi connectivity index (χ3v) is 2.05. The van der Waals surface area contributed by atoms with Crippen LogP contribution in [0.15, 0.2) is 24.4 Å². The van der Waals surface area contributed by atoms with E-state index in [9.17, 15) is 18.7 Å². The van der Waals surface area contributed by atoms with Crippen molar-refractivity contribution in [2.45, 2.75) is 0 Å². The molecule has 1 aromatic carbocycles. The number of aromatic carboxylic acids is 1. The van der Waals surface area contributed by atoms with Gasteiger partial charge in [0.2, 0.25) is 5.69 Å². The first-order valence-electron chi connectivity index (χ1n) is 4.46. The zero-order valence-corrected chi connectivity index (χ0v) is 8.26. The minimum Gasteiger partial charge on any atom is -0.504 e. The van der Waals surface area contributed by atoms with E-state index in [2.05, 4.69) is 5.10 Å². The van der Waals surface area contributed by atoms with Gasteiger partial charge in [-0.25, -0.2) is 18.3 Å². The zero-order valence-electron chi connectivity index (χ0n) is 8.26. The summed E-state index contributed by atoms with van der Waals surface area (Å²) >= 11 is 0. The van der Waals surface area contributed by atoms with E-state index in [4.69, 9.17) is 5.11 Å². The number of hydrogen-bond donors (Lipinski definition) is 2. The molecular weight excluding hydrogens is 234 g/mol. The summed E-state index contributed by atoms with van der Waals surface area (Å²) < 4.78 is 27.0. The summed E-state index contributed by atoms with van der Waals surface area (Å²) in [6.45, 7) is 0.